The molecule has 10 heavy (non-hydrogen) atoms. The second-order valence-corrected chi connectivity index (χ2v) is 1.89. The molecule has 0 spiro atoms. The zero-order chi connectivity index (χ0) is 7.82. The van der Waals surface area contributed by atoms with Crippen LogP contribution in [0.4, 0.5) is 0 Å². The Labute approximate surface area is 59.5 Å². The maximum atomic E-state index is 10.4. The second kappa shape index (κ2) is 6.19. The number of methoxy groups -OCH3 is 1. The molecule has 0 saturated heterocycles. The van der Waals surface area contributed by atoms with Crippen LogP contribution in [-0.2, 0) is 9.53 Å². The molecule has 0 saturated carbocycles. The van der Waals surface area contributed by atoms with Gasteiger partial charge in [-0.1, -0.05) is 5.18 Å². The Bertz CT molecular complexity index is 114. The first-order chi connectivity index (χ1) is 4.81. The molecule has 0 rings (SSSR count). The largest absolute Gasteiger partial charge is 0.469 e. The van der Waals surface area contributed by atoms with Crippen LogP contribution in [0.3, 0.4) is 0 Å². The molecular formula is C6H11NO3. The summed E-state index contributed by atoms with van der Waals surface area (Å²) < 4.78 is 4.38. The van der Waals surface area contributed by atoms with Gasteiger partial charge < -0.3 is 4.74 Å². The van der Waals surface area contributed by atoms with Crippen molar-refractivity contribution in [3.8, 4) is 0 Å². The van der Waals surface area contributed by atoms with Crippen molar-refractivity contribution in [2.24, 2.45) is 5.18 Å². The SMILES string of the molecule is COC(=O)CCCCN=O. The average molecular weight is 145 g/mol. The van der Waals surface area contributed by atoms with E-state index < -0.39 is 0 Å². The quantitative estimate of drug-likeness (QED) is 0.330. The minimum Gasteiger partial charge on any atom is -0.469 e. The molecule has 0 aromatic rings. The third-order valence-electron chi connectivity index (χ3n) is 1.11. The van der Waals surface area contributed by atoms with Crippen LogP contribution in [0.1, 0.15) is 19.3 Å². The summed E-state index contributed by atoms with van der Waals surface area (Å²) >= 11 is 0. The zero-order valence-electron chi connectivity index (χ0n) is 6.00. The van der Waals surface area contributed by atoms with Crippen LogP contribution in [0.5, 0.6) is 0 Å². The zero-order valence-corrected chi connectivity index (χ0v) is 6.00. The van der Waals surface area contributed by atoms with E-state index in [-0.39, 0.29) is 12.5 Å². The van der Waals surface area contributed by atoms with Gasteiger partial charge in [0.05, 0.1) is 13.7 Å². The molecule has 0 aromatic carbocycles. The van der Waals surface area contributed by atoms with Crippen LogP contribution in [0.15, 0.2) is 5.18 Å². The molecule has 0 aliphatic heterocycles. The average Bonchev–Trinajstić information content (AvgIpc) is 1.98. The predicted molar refractivity (Wildman–Crippen MR) is 36.5 cm³/mol. The van der Waals surface area contributed by atoms with Gasteiger partial charge in [-0.15, -0.1) is 0 Å². The molecule has 0 heterocycles. The first-order valence-corrected chi connectivity index (χ1v) is 3.17. The minimum absolute atomic E-state index is 0.231. The summed E-state index contributed by atoms with van der Waals surface area (Å²) in [5.74, 6) is -0.231. The minimum atomic E-state index is -0.231. The highest BCUT2D eigenvalue weighted by Gasteiger charge is 1.97. The molecule has 0 radical (unpaired) electrons. The van der Waals surface area contributed by atoms with Crippen molar-refractivity contribution in [1.29, 1.82) is 0 Å². The van der Waals surface area contributed by atoms with Gasteiger partial charge in [0.2, 0.25) is 0 Å². The highest BCUT2D eigenvalue weighted by molar-refractivity contribution is 5.68. The van der Waals surface area contributed by atoms with E-state index in [4.69, 9.17) is 0 Å². The van der Waals surface area contributed by atoms with E-state index in [0.29, 0.717) is 19.3 Å². The van der Waals surface area contributed by atoms with E-state index in [0.717, 1.165) is 0 Å². The Balaban J connectivity index is 3.03. The van der Waals surface area contributed by atoms with E-state index >= 15 is 0 Å². The maximum Gasteiger partial charge on any atom is 0.305 e. The van der Waals surface area contributed by atoms with Crippen LogP contribution >= 0.6 is 0 Å². The van der Waals surface area contributed by atoms with Gasteiger partial charge in [0.1, 0.15) is 0 Å². The summed E-state index contributed by atoms with van der Waals surface area (Å²) in [6.45, 7) is 0.289. The molecule has 4 heteroatoms. The summed E-state index contributed by atoms with van der Waals surface area (Å²) in [7, 11) is 1.35. The molecule has 0 aromatic heterocycles. The van der Waals surface area contributed by atoms with Crippen LogP contribution in [0.25, 0.3) is 0 Å². The van der Waals surface area contributed by atoms with Gasteiger partial charge in [0.15, 0.2) is 0 Å². The highest BCUT2D eigenvalue weighted by Crippen LogP contribution is 1.96. The lowest BCUT2D eigenvalue weighted by atomic mass is 10.2. The Kier molecular flexibility index (Phi) is 5.62. The van der Waals surface area contributed by atoms with Crippen LogP contribution in [-0.4, -0.2) is 19.6 Å². The monoisotopic (exact) mass is 145 g/mol. The smallest absolute Gasteiger partial charge is 0.305 e. The molecule has 4 nitrogen and oxygen atoms in total. The number of nitroso groups, excluding NO2 is 1. The molecule has 0 aliphatic carbocycles. The van der Waals surface area contributed by atoms with Crippen molar-refractivity contribution in [3.63, 3.8) is 0 Å². The fraction of sp³-hybridized carbons (Fsp3) is 0.833. The molecule has 0 atom stereocenters. The standard InChI is InChI=1S/C6H11NO3/c1-10-6(8)4-2-3-5-7-9/h2-5H2,1H3. The number of rotatable bonds is 5. The van der Waals surface area contributed by atoms with Crippen LogP contribution in [0.2, 0.25) is 0 Å². The number of carbonyl (C=O) groups is 1. The molecule has 0 fully saturated rings. The molecule has 58 valence electrons. The first-order valence-electron chi connectivity index (χ1n) is 3.17. The van der Waals surface area contributed by atoms with Crippen molar-refractivity contribution in [1.82, 2.24) is 0 Å². The summed E-state index contributed by atoms with van der Waals surface area (Å²) in [6.07, 6.45) is 1.73. The van der Waals surface area contributed by atoms with Crippen molar-refractivity contribution in [2.45, 2.75) is 19.3 Å². The number of hydrogen-bond donors (Lipinski definition) is 0. The fourth-order valence-corrected chi connectivity index (χ4v) is 0.548. The normalized spacial score (nSPS) is 8.90. The molecule has 0 N–H and O–H groups in total. The molecule has 0 unspecified atom stereocenters. The Morgan fingerprint density at radius 3 is 2.70 bits per heavy atom. The van der Waals surface area contributed by atoms with Crippen molar-refractivity contribution in [3.05, 3.63) is 4.91 Å². The van der Waals surface area contributed by atoms with Gasteiger partial charge in [0, 0.05) is 6.42 Å². The van der Waals surface area contributed by atoms with Crippen molar-refractivity contribution < 1.29 is 9.53 Å². The number of nitrogens with zero attached hydrogens (tertiary/aromatic N) is 1. The number of carbonyl (C=O) groups excluding carboxylic acids is 1. The van der Waals surface area contributed by atoms with Gasteiger partial charge in [-0.05, 0) is 12.8 Å². The van der Waals surface area contributed by atoms with Gasteiger partial charge >= 0.3 is 5.97 Å². The highest BCUT2D eigenvalue weighted by atomic mass is 16.5. The van der Waals surface area contributed by atoms with E-state index in [9.17, 15) is 9.70 Å². The third-order valence-corrected chi connectivity index (χ3v) is 1.11. The van der Waals surface area contributed by atoms with Crippen molar-refractivity contribution in [2.75, 3.05) is 13.7 Å². The maximum absolute atomic E-state index is 10.4. The van der Waals surface area contributed by atoms with Gasteiger partial charge in [0.25, 0.3) is 0 Å². The lowest BCUT2D eigenvalue weighted by Gasteiger charge is -1.95. The number of ether oxygens (including phenoxy) is 1. The van der Waals surface area contributed by atoms with Crippen LogP contribution < -0.4 is 0 Å². The van der Waals surface area contributed by atoms with Crippen LogP contribution in [0, 0.1) is 4.91 Å². The molecule has 0 amide bonds. The van der Waals surface area contributed by atoms with Gasteiger partial charge in [-0.25, -0.2) is 0 Å². The summed E-state index contributed by atoms with van der Waals surface area (Å²) in [4.78, 5) is 20.0. The number of unbranched alkanes of at least 4 members (excludes halogenated alkanes) is 1. The summed E-state index contributed by atoms with van der Waals surface area (Å²) in [6, 6.07) is 0. The third kappa shape index (κ3) is 5.21. The van der Waals surface area contributed by atoms with Crippen molar-refractivity contribution >= 4 is 5.97 Å². The second-order valence-electron chi connectivity index (χ2n) is 1.89. The number of hydrogen-bond acceptors (Lipinski definition) is 4. The predicted octanol–water partition coefficient (Wildman–Crippen LogP) is 1.10. The Hall–Kier alpha value is -0.930. The van der Waals surface area contributed by atoms with E-state index in [1.54, 1.807) is 0 Å². The Morgan fingerprint density at radius 1 is 1.50 bits per heavy atom. The number of esters is 1. The molecule has 0 bridgehead atoms. The van der Waals surface area contributed by atoms with Gasteiger partial charge in [-0.2, -0.15) is 4.91 Å². The summed E-state index contributed by atoms with van der Waals surface area (Å²) in [5, 5.41) is 2.66. The molecule has 0 aliphatic rings. The lowest BCUT2D eigenvalue weighted by molar-refractivity contribution is -0.140. The van der Waals surface area contributed by atoms with Gasteiger partial charge in [-0.3, -0.25) is 4.79 Å². The fourth-order valence-electron chi connectivity index (χ4n) is 0.548. The lowest BCUT2D eigenvalue weighted by Crippen LogP contribution is -1.99. The molecular weight excluding hydrogens is 134 g/mol. The summed E-state index contributed by atoms with van der Waals surface area (Å²) in [5.41, 5.74) is 0. The topological polar surface area (TPSA) is 55.7 Å². The van der Waals surface area contributed by atoms with E-state index in [2.05, 4.69) is 9.91 Å². The first kappa shape index (κ1) is 9.07. The van der Waals surface area contributed by atoms with E-state index in [1.165, 1.54) is 7.11 Å². The van der Waals surface area contributed by atoms with E-state index in [1.807, 2.05) is 0 Å². The Morgan fingerprint density at radius 2 is 2.20 bits per heavy atom.